The van der Waals surface area contributed by atoms with Gasteiger partial charge in [0.2, 0.25) is 15.2 Å². The van der Waals surface area contributed by atoms with Crippen LogP contribution in [0.15, 0.2) is 23.5 Å². The molecule has 1 aliphatic heterocycles. The lowest BCUT2D eigenvalue weighted by Crippen LogP contribution is -2.19. The second-order valence-corrected chi connectivity index (χ2v) is 7.47. The lowest BCUT2D eigenvalue weighted by Gasteiger charge is -2.21. The van der Waals surface area contributed by atoms with Crippen LogP contribution >= 0.6 is 8.38 Å². The van der Waals surface area contributed by atoms with Gasteiger partial charge >= 0.3 is 5.97 Å². The van der Waals surface area contributed by atoms with Crippen LogP contribution in [0, 0.1) is 0 Å². The number of benzene rings is 1. The fourth-order valence-electron chi connectivity index (χ4n) is 2.64. The van der Waals surface area contributed by atoms with Gasteiger partial charge in [-0.15, -0.1) is 0 Å². The Balaban J connectivity index is 2.31. The van der Waals surface area contributed by atoms with Gasteiger partial charge in [-0.3, -0.25) is 0 Å². The number of carbonyl (C=O) groups excluding carboxylic acids is 1. The predicted molar refractivity (Wildman–Crippen MR) is 106 cm³/mol. The second-order valence-electron chi connectivity index (χ2n) is 5.96. The SMILES string of the molecule is CCCC(CC)OC(=O)/C(=C\c1ccc2c(c1)OCO2)P(OCC)OCC. The Kier molecular flexibility index (Phi) is 9.05. The van der Waals surface area contributed by atoms with Crippen molar-refractivity contribution in [3.05, 3.63) is 29.1 Å². The highest BCUT2D eigenvalue weighted by atomic mass is 31.2. The molecule has 1 aliphatic rings. The number of fused-ring (bicyclic) bond motifs is 1. The minimum Gasteiger partial charge on any atom is -0.459 e. The first-order valence-electron chi connectivity index (χ1n) is 9.51. The molecule has 0 amide bonds. The van der Waals surface area contributed by atoms with E-state index in [-0.39, 0.29) is 18.9 Å². The monoisotopic (exact) mass is 396 g/mol. The highest BCUT2D eigenvalue weighted by Crippen LogP contribution is 2.49. The van der Waals surface area contributed by atoms with Gasteiger partial charge in [0.05, 0.1) is 13.2 Å². The molecule has 150 valence electrons. The summed E-state index contributed by atoms with van der Waals surface area (Å²) in [6.07, 6.45) is 4.22. The largest absolute Gasteiger partial charge is 0.459 e. The van der Waals surface area contributed by atoms with Crippen molar-refractivity contribution in [2.75, 3.05) is 20.0 Å². The summed E-state index contributed by atoms with van der Waals surface area (Å²) in [6.45, 7) is 8.95. The lowest BCUT2D eigenvalue weighted by molar-refractivity contribution is -0.144. The molecule has 1 aromatic rings. The molecular formula is C20H29O6P. The molecule has 0 N–H and O–H groups in total. The van der Waals surface area contributed by atoms with Gasteiger partial charge in [-0.05, 0) is 50.5 Å². The van der Waals surface area contributed by atoms with Crippen molar-refractivity contribution in [3.63, 3.8) is 0 Å². The van der Waals surface area contributed by atoms with Crippen LogP contribution in [-0.2, 0) is 18.6 Å². The van der Waals surface area contributed by atoms with E-state index < -0.39 is 8.38 Å². The predicted octanol–water partition coefficient (Wildman–Crippen LogP) is 5.26. The zero-order valence-corrected chi connectivity index (χ0v) is 17.4. The van der Waals surface area contributed by atoms with Gasteiger partial charge < -0.3 is 23.3 Å². The molecule has 1 unspecified atom stereocenters. The first-order chi connectivity index (χ1) is 13.1. The number of esters is 1. The van der Waals surface area contributed by atoms with E-state index in [0.29, 0.717) is 30.0 Å². The summed E-state index contributed by atoms with van der Waals surface area (Å²) in [5, 5.41) is 0.405. The summed E-state index contributed by atoms with van der Waals surface area (Å²) in [5.74, 6) is 0.967. The number of ether oxygens (including phenoxy) is 3. The molecule has 0 fully saturated rings. The maximum atomic E-state index is 12.9. The zero-order valence-electron chi connectivity index (χ0n) is 16.5. The Morgan fingerprint density at radius 1 is 1.15 bits per heavy atom. The van der Waals surface area contributed by atoms with Gasteiger partial charge in [0.25, 0.3) is 0 Å². The van der Waals surface area contributed by atoms with E-state index in [1.807, 2.05) is 39.0 Å². The minimum atomic E-state index is -1.52. The summed E-state index contributed by atoms with van der Waals surface area (Å²) in [6, 6.07) is 5.53. The van der Waals surface area contributed by atoms with E-state index in [1.165, 1.54) is 0 Å². The average molecular weight is 396 g/mol. The Morgan fingerprint density at radius 2 is 1.85 bits per heavy atom. The highest BCUT2D eigenvalue weighted by Gasteiger charge is 2.27. The Morgan fingerprint density at radius 3 is 2.48 bits per heavy atom. The van der Waals surface area contributed by atoms with Gasteiger partial charge in [0, 0.05) is 0 Å². The van der Waals surface area contributed by atoms with E-state index in [4.69, 9.17) is 23.3 Å². The molecule has 27 heavy (non-hydrogen) atoms. The summed E-state index contributed by atoms with van der Waals surface area (Å²) < 4.78 is 28.0. The average Bonchev–Trinajstić information content (AvgIpc) is 3.13. The van der Waals surface area contributed by atoms with Crippen molar-refractivity contribution in [3.8, 4) is 11.5 Å². The van der Waals surface area contributed by atoms with Crippen LogP contribution in [0.25, 0.3) is 6.08 Å². The van der Waals surface area contributed by atoms with Crippen molar-refractivity contribution < 1.29 is 28.1 Å². The van der Waals surface area contributed by atoms with E-state index in [2.05, 4.69) is 6.92 Å². The van der Waals surface area contributed by atoms with Gasteiger partial charge in [-0.25, -0.2) is 4.79 Å². The zero-order chi connectivity index (χ0) is 19.6. The Hall–Kier alpha value is -1.62. The number of hydrogen-bond donors (Lipinski definition) is 0. The van der Waals surface area contributed by atoms with E-state index in [0.717, 1.165) is 24.8 Å². The van der Waals surface area contributed by atoms with Crippen molar-refractivity contribution in [2.45, 2.75) is 53.1 Å². The van der Waals surface area contributed by atoms with Crippen molar-refractivity contribution in [1.82, 2.24) is 0 Å². The van der Waals surface area contributed by atoms with Crippen LogP contribution in [0.5, 0.6) is 11.5 Å². The van der Waals surface area contributed by atoms with E-state index >= 15 is 0 Å². The molecule has 1 heterocycles. The molecule has 0 spiro atoms. The van der Waals surface area contributed by atoms with Crippen LogP contribution in [0.2, 0.25) is 0 Å². The van der Waals surface area contributed by atoms with Gasteiger partial charge in [0.15, 0.2) is 11.5 Å². The van der Waals surface area contributed by atoms with Crippen LogP contribution < -0.4 is 9.47 Å². The first-order valence-corrected chi connectivity index (χ1v) is 10.7. The highest BCUT2D eigenvalue weighted by molar-refractivity contribution is 7.53. The standard InChI is InChI=1S/C20H29O6P/c1-5-9-16(6-2)26-20(21)19(27(24-7-3)25-8-4)13-15-10-11-17-18(12-15)23-14-22-17/h10-13,16H,5-9,14H2,1-4H3/b19-13+. The van der Waals surface area contributed by atoms with Crippen LogP contribution in [-0.4, -0.2) is 32.1 Å². The molecule has 0 aliphatic carbocycles. The Bertz CT molecular complexity index is 639. The summed E-state index contributed by atoms with van der Waals surface area (Å²) in [7, 11) is -1.52. The molecule has 0 saturated heterocycles. The van der Waals surface area contributed by atoms with Crippen molar-refractivity contribution in [2.24, 2.45) is 0 Å². The molecule has 7 heteroatoms. The molecule has 0 bridgehead atoms. The molecule has 2 rings (SSSR count). The molecule has 6 nitrogen and oxygen atoms in total. The minimum absolute atomic E-state index is 0.109. The van der Waals surface area contributed by atoms with Gasteiger partial charge in [-0.2, -0.15) is 0 Å². The first kappa shape index (κ1) is 21.7. The third-order valence-electron chi connectivity index (χ3n) is 3.94. The molecule has 0 saturated carbocycles. The van der Waals surface area contributed by atoms with E-state index in [1.54, 1.807) is 6.08 Å². The normalized spacial score (nSPS) is 14.5. The number of hydrogen-bond acceptors (Lipinski definition) is 6. The maximum Gasteiger partial charge on any atom is 0.343 e. The maximum absolute atomic E-state index is 12.9. The number of rotatable bonds is 11. The van der Waals surface area contributed by atoms with Gasteiger partial charge in [-0.1, -0.05) is 26.3 Å². The van der Waals surface area contributed by atoms with Crippen LogP contribution in [0.4, 0.5) is 0 Å². The quantitative estimate of drug-likeness (QED) is 0.289. The van der Waals surface area contributed by atoms with Gasteiger partial charge in [0.1, 0.15) is 11.4 Å². The smallest absolute Gasteiger partial charge is 0.343 e. The molecule has 0 radical (unpaired) electrons. The third kappa shape index (κ3) is 6.20. The lowest BCUT2D eigenvalue weighted by atomic mass is 10.1. The summed E-state index contributed by atoms with van der Waals surface area (Å²) in [5.41, 5.74) is 0.807. The molecule has 0 aromatic heterocycles. The van der Waals surface area contributed by atoms with Crippen LogP contribution in [0.1, 0.15) is 52.5 Å². The topological polar surface area (TPSA) is 63.2 Å². The molecule has 1 aromatic carbocycles. The van der Waals surface area contributed by atoms with Crippen molar-refractivity contribution in [1.29, 1.82) is 0 Å². The molecule has 1 atom stereocenters. The fraction of sp³-hybridized carbons (Fsp3) is 0.550. The van der Waals surface area contributed by atoms with Crippen LogP contribution in [0.3, 0.4) is 0 Å². The van der Waals surface area contributed by atoms with E-state index in [9.17, 15) is 4.79 Å². The summed E-state index contributed by atoms with van der Waals surface area (Å²) in [4.78, 5) is 12.9. The second kappa shape index (κ2) is 11.3. The Labute approximate surface area is 162 Å². The molecular weight excluding hydrogens is 367 g/mol. The third-order valence-corrected chi connectivity index (χ3v) is 5.63. The van der Waals surface area contributed by atoms with Crippen molar-refractivity contribution >= 4 is 20.4 Å². The summed E-state index contributed by atoms with van der Waals surface area (Å²) >= 11 is 0. The fourth-order valence-corrected chi connectivity index (χ4v) is 3.92. The number of carbonyl (C=O) groups is 1.